The maximum atomic E-state index is 13.0. The number of halogens is 2. The molecule has 1 aromatic rings. The third-order valence-electron chi connectivity index (χ3n) is 3.59. The minimum atomic E-state index is -0.261. The van der Waals surface area contributed by atoms with Crippen molar-refractivity contribution in [1.29, 1.82) is 0 Å². The van der Waals surface area contributed by atoms with Crippen molar-refractivity contribution in [2.75, 3.05) is 11.9 Å². The summed E-state index contributed by atoms with van der Waals surface area (Å²) in [4.78, 5) is 11.9. The molecule has 1 aliphatic rings. The summed E-state index contributed by atoms with van der Waals surface area (Å²) in [6.07, 6.45) is 7.12. The molecule has 3 nitrogen and oxygen atoms in total. The lowest BCUT2D eigenvalue weighted by Gasteiger charge is -2.17. The van der Waals surface area contributed by atoms with Crippen molar-refractivity contribution in [1.82, 2.24) is 5.32 Å². The molecular weight excluding hydrogens is 370 g/mol. The first-order valence-electron chi connectivity index (χ1n) is 7.13. The summed E-state index contributed by atoms with van der Waals surface area (Å²) in [7, 11) is 0. The van der Waals surface area contributed by atoms with Crippen molar-refractivity contribution in [3.05, 3.63) is 27.6 Å². The zero-order chi connectivity index (χ0) is 14.4. The molecule has 110 valence electrons. The smallest absolute Gasteiger partial charge is 0.239 e. The van der Waals surface area contributed by atoms with Gasteiger partial charge in [-0.2, -0.15) is 0 Å². The van der Waals surface area contributed by atoms with Crippen molar-refractivity contribution in [3.63, 3.8) is 0 Å². The number of anilines is 1. The zero-order valence-corrected chi connectivity index (χ0v) is 13.6. The van der Waals surface area contributed by atoms with Gasteiger partial charge in [-0.15, -0.1) is 0 Å². The number of carbonyl (C=O) groups excluding carboxylic acids is 1. The fraction of sp³-hybridized carbons (Fsp3) is 0.533. The van der Waals surface area contributed by atoms with Crippen LogP contribution in [0.4, 0.5) is 10.1 Å². The van der Waals surface area contributed by atoms with Crippen LogP contribution in [0.3, 0.4) is 0 Å². The van der Waals surface area contributed by atoms with Crippen molar-refractivity contribution in [2.45, 2.75) is 44.6 Å². The molecule has 0 atom stereocenters. The SMILES string of the molecule is O=C(CNc1ccc(F)cc1I)NC1CCCCCC1. The predicted molar refractivity (Wildman–Crippen MR) is 87.2 cm³/mol. The molecule has 20 heavy (non-hydrogen) atoms. The lowest BCUT2D eigenvalue weighted by Crippen LogP contribution is -2.38. The van der Waals surface area contributed by atoms with Crippen LogP contribution in [0.1, 0.15) is 38.5 Å². The Hall–Kier alpha value is -0.850. The van der Waals surface area contributed by atoms with Crippen LogP contribution in [0, 0.1) is 9.39 Å². The molecule has 0 bridgehead atoms. The number of amides is 1. The Morgan fingerprint density at radius 1 is 1.25 bits per heavy atom. The van der Waals surface area contributed by atoms with Gasteiger partial charge in [-0.25, -0.2) is 4.39 Å². The quantitative estimate of drug-likeness (QED) is 0.609. The van der Waals surface area contributed by atoms with Gasteiger partial charge in [0.25, 0.3) is 0 Å². The maximum Gasteiger partial charge on any atom is 0.239 e. The van der Waals surface area contributed by atoms with E-state index in [0.29, 0.717) is 6.04 Å². The molecule has 1 saturated carbocycles. The highest BCUT2D eigenvalue weighted by molar-refractivity contribution is 14.1. The molecule has 2 rings (SSSR count). The molecule has 1 fully saturated rings. The molecule has 0 spiro atoms. The van der Waals surface area contributed by atoms with Gasteiger partial charge in [0.05, 0.1) is 6.54 Å². The average Bonchev–Trinajstić information content (AvgIpc) is 2.66. The minimum Gasteiger partial charge on any atom is -0.375 e. The molecule has 0 aliphatic heterocycles. The highest BCUT2D eigenvalue weighted by Crippen LogP contribution is 2.19. The van der Waals surface area contributed by atoms with E-state index in [9.17, 15) is 9.18 Å². The van der Waals surface area contributed by atoms with Crippen LogP contribution in [-0.2, 0) is 4.79 Å². The van der Waals surface area contributed by atoms with Gasteiger partial charge in [0.2, 0.25) is 5.91 Å². The van der Waals surface area contributed by atoms with Crippen molar-refractivity contribution >= 4 is 34.2 Å². The number of carbonyl (C=O) groups is 1. The van der Waals surface area contributed by atoms with Crippen molar-refractivity contribution < 1.29 is 9.18 Å². The fourth-order valence-electron chi connectivity index (χ4n) is 2.51. The average molecular weight is 390 g/mol. The number of nitrogens with one attached hydrogen (secondary N) is 2. The van der Waals surface area contributed by atoms with Gasteiger partial charge in [0.1, 0.15) is 5.82 Å². The summed E-state index contributed by atoms with van der Waals surface area (Å²) < 4.78 is 13.8. The van der Waals surface area contributed by atoms with Gasteiger partial charge in [-0.05, 0) is 53.6 Å². The first-order valence-corrected chi connectivity index (χ1v) is 8.21. The van der Waals surface area contributed by atoms with Gasteiger partial charge in [-0.3, -0.25) is 4.79 Å². The van der Waals surface area contributed by atoms with Crippen LogP contribution in [0.2, 0.25) is 0 Å². The van der Waals surface area contributed by atoms with Gasteiger partial charge < -0.3 is 10.6 Å². The summed E-state index contributed by atoms with van der Waals surface area (Å²) in [6, 6.07) is 4.83. The second kappa shape index (κ2) is 7.81. The number of rotatable bonds is 4. The molecule has 0 heterocycles. The van der Waals surface area contributed by atoms with E-state index >= 15 is 0 Å². The van der Waals surface area contributed by atoms with E-state index in [-0.39, 0.29) is 18.3 Å². The van der Waals surface area contributed by atoms with E-state index < -0.39 is 0 Å². The highest BCUT2D eigenvalue weighted by atomic mass is 127. The monoisotopic (exact) mass is 390 g/mol. The summed E-state index contributed by atoms with van der Waals surface area (Å²) in [6.45, 7) is 0.234. The van der Waals surface area contributed by atoms with Gasteiger partial charge >= 0.3 is 0 Å². The molecule has 1 aromatic carbocycles. The third-order valence-corrected chi connectivity index (χ3v) is 4.48. The number of benzene rings is 1. The Kier molecular flexibility index (Phi) is 6.06. The van der Waals surface area contributed by atoms with E-state index in [4.69, 9.17) is 0 Å². The first-order chi connectivity index (χ1) is 9.65. The molecule has 0 radical (unpaired) electrons. The second-order valence-electron chi connectivity index (χ2n) is 5.23. The zero-order valence-electron chi connectivity index (χ0n) is 11.4. The van der Waals surface area contributed by atoms with E-state index in [1.165, 1.54) is 37.8 Å². The van der Waals surface area contributed by atoms with Gasteiger partial charge in [0.15, 0.2) is 0 Å². The van der Waals surface area contributed by atoms with Crippen LogP contribution < -0.4 is 10.6 Å². The summed E-state index contributed by atoms with van der Waals surface area (Å²) in [5, 5.41) is 6.14. The third kappa shape index (κ3) is 4.92. The van der Waals surface area contributed by atoms with Crippen molar-refractivity contribution in [3.8, 4) is 0 Å². The summed E-state index contributed by atoms with van der Waals surface area (Å²) in [5.41, 5.74) is 0.794. The lowest BCUT2D eigenvalue weighted by atomic mass is 10.1. The van der Waals surface area contributed by atoms with E-state index in [1.54, 1.807) is 6.07 Å². The number of hydrogen-bond donors (Lipinski definition) is 2. The van der Waals surface area contributed by atoms with Crippen LogP contribution >= 0.6 is 22.6 Å². The Bertz CT molecular complexity index is 459. The van der Waals surface area contributed by atoms with Crippen LogP contribution in [0.15, 0.2) is 18.2 Å². The molecule has 1 amide bonds. The van der Waals surface area contributed by atoms with E-state index in [1.807, 2.05) is 0 Å². The molecular formula is C15H20FIN2O. The molecule has 0 unspecified atom stereocenters. The normalized spacial score (nSPS) is 16.5. The maximum absolute atomic E-state index is 13.0. The first kappa shape index (κ1) is 15.5. The summed E-state index contributed by atoms with van der Waals surface area (Å²) >= 11 is 2.06. The molecule has 0 saturated heterocycles. The molecule has 0 aromatic heterocycles. The molecule has 1 aliphatic carbocycles. The second-order valence-corrected chi connectivity index (χ2v) is 6.40. The van der Waals surface area contributed by atoms with Crippen molar-refractivity contribution in [2.24, 2.45) is 0 Å². The van der Waals surface area contributed by atoms with Gasteiger partial charge in [-0.1, -0.05) is 25.7 Å². The molecule has 5 heteroatoms. The predicted octanol–water partition coefficient (Wildman–Crippen LogP) is 3.68. The summed E-state index contributed by atoms with van der Waals surface area (Å²) in [5.74, 6) is -0.250. The topological polar surface area (TPSA) is 41.1 Å². The van der Waals surface area contributed by atoms with Gasteiger partial charge in [0, 0.05) is 15.3 Å². The fourth-order valence-corrected chi connectivity index (χ4v) is 3.18. The van der Waals surface area contributed by atoms with E-state index in [0.717, 1.165) is 22.1 Å². The van der Waals surface area contributed by atoms with Crippen LogP contribution in [-0.4, -0.2) is 18.5 Å². The number of hydrogen-bond acceptors (Lipinski definition) is 2. The highest BCUT2D eigenvalue weighted by Gasteiger charge is 2.14. The lowest BCUT2D eigenvalue weighted by molar-refractivity contribution is -0.120. The standard InChI is InChI=1S/C15H20FIN2O/c16-11-7-8-14(13(17)9-11)18-10-15(20)19-12-5-3-1-2-4-6-12/h7-9,12,18H,1-6,10H2,(H,19,20). The Morgan fingerprint density at radius 3 is 2.60 bits per heavy atom. The Morgan fingerprint density at radius 2 is 1.95 bits per heavy atom. The molecule has 2 N–H and O–H groups in total. The largest absolute Gasteiger partial charge is 0.375 e. The Labute approximate surface area is 132 Å². The van der Waals surface area contributed by atoms with Crippen LogP contribution in [0.5, 0.6) is 0 Å². The van der Waals surface area contributed by atoms with Crippen LogP contribution in [0.25, 0.3) is 0 Å². The Balaban J connectivity index is 1.79. The van der Waals surface area contributed by atoms with E-state index in [2.05, 4.69) is 33.2 Å². The minimum absolute atomic E-state index is 0.0111.